The number of carbonyl (C=O) groups is 1. The molecule has 5 heteroatoms. The van der Waals surface area contributed by atoms with Gasteiger partial charge in [-0.25, -0.2) is 0 Å². The van der Waals surface area contributed by atoms with Crippen molar-refractivity contribution >= 4 is 5.97 Å². The highest BCUT2D eigenvalue weighted by atomic mass is 16.5. The monoisotopic (exact) mass is 287 g/mol. The number of hydrogen-bond acceptors (Lipinski definition) is 5. The molecule has 20 heavy (non-hydrogen) atoms. The zero-order chi connectivity index (χ0) is 14.8. The second-order valence-electron chi connectivity index (χ2n) is 5.53. The Labute approximate surface area is 122 Å². The number of carbonyl (C=O) groups excluding carboxylic acids is 1. The third-order valence-corrected chi connectivity index (χ3v) is 3.62. The lowest BCUT2D eigenvalue weighted by molar-refractivity contribution is -0.151. The van der Waals surface area contributed by atoms with Crippen LogP contribution >= 0.6 is 0 Å². The summed E-state index contributed by atoms with van der Waals surface area (Å²) in [5.74, 6) is 0.314. The SMILES string of the molecule is CCCNC(C)(CCOCC1CCOC1)C(=O)OCC. The van der Waals surface area contributed by atoms with Crippen LogP contribution in [0.15, 0.2) is 0 Å². The standard InChI is InChI=1S/C15H29NO4/c1-4-8-16-15(3,14(17)20-5-2)7-10-19-12-13-6-9-18-11-13/h13,16H,4-12H2,1-3H3. The van der Waals surface area contributed by atoms with E-state index in [1.54, 1.807) is 0 Å². The third kappa shape index (κ3) is 5.77. The fourth-order valence-corrected chi connectivity index (χ4v) is 2.19. The van der Waals surface area contributed by atoms with Crippen LogP contribution in [0.5, 0.6) is 0 Å². The fourth-order valence-electron chi connectivity index (χ4n) is 2.19. The molecule has 0 aromatic carbocycles. The van der Waals surface area contributed by atoms with E-state index in [9.17, 15) is 4.79 Å². The van der Waals surface area contributed by atoms with Crippen LogP contribution in [0.1, 0.15) is 40.0 Å². The number of ether oxygens (including phenoxy) is 3. The van der Waals surface area contributed by atoms with Gasteiger partial charge in [0.15, 0.2) is 0 Å². The molecule has 5 nitrogen and oxygen atoms in total. The zero-order valence-corrected chi connectivity index (χ0v) is 13.1. The maximum absolute atomic E-state index is 12.1. The summed E-state index contributed by atoms with van der Waals surface area (Å²) in [5.41, 5.74) is -0.655. The van der Waals surface area contributed by atoms with E-state index in [2.05, 4.69) is 12.2 Å². The summed E-state index contributed by atoms with van der Waals surface area (Å²) in [6.07, 6.45) is 2.68. The molecule has 1 rings (SSSR count). The van der Waals surface area contributed by atoms with Gasteiger partial charge < -0.3 is 19.5 Å². The van der Waals surface area contributed by atoms with Gasteiger partial charge in [0.2, 0.25) is 0 Å². The first-order valence-corrected chi connectivity index (χ1v) is 7.70. The summed E-state index contributed by atoms with van der Waals surface area (Å²) in [7, 11) is 0. The molecule has 0 bridgehead atoms. The van der Waals surface area contributed by atoms with E-state index in [0.29, 0.717) is 32.2 Å². The lowest BCUT2D eigenvalue weighted by Gasteiger charge is -2.28. The van der Waals surface area contributed by atoms with Crippen molar-refractivity contribution in [1.82, 2.24) is 5.32 Å². The average Bonchev–Trinajstić information content (AvgIpc) is 2.95. The molecule has 0 radical (unpaired) electrons. The highest BCUT2D eigenvalue weighted by Crippen LogP contribution is 2.15. The van der Waals surface area contributed by atoms with Crippen LogP contribution in [0, 0.1) is 5.92 Å². The molecule has 1 heterocycles. The van der Waals surface area contributed by atoms with Gasteiger partial charge in [-0.05, 0) is 39.7 Å². The van der Waals surface area contributed by atoms with Crippen LogP contribution in [0.25, 0.3) is 0 Å². The predicted octanol–water partition coefficient (Wildman–Crippen LogP) is 1.75. The molecule has 0 spiro atoms. The third-order valence-electron chi connectivity index (χ3n) is 3.62. The molecule has 2 atom stereocenters. The highest BCUT2D eigenvalue weighted by molar-refractivity contribution is 5.80. The van der Waals surface area contributed by atoms with Crippen molar-refractivity contribution in [2.75, 3.05) is 39.6 Å². The van der Waals surface area contributed by atoms with Crippen molar-refractivity contribution in [1.29, 1.82) is 0 Å². The van der Waals surface area contributed by atoms with Gasteiger partial charge in [-0.15, -0.1) is 0 Å². The van der Waals surface area contributed by atoms with E-state index in [1.165, 1.54) is 0 Å². The van der Waals surface area contributed by atoms with E-state index in [0.717, 1.165) is 32.6 Å². The first kappa shape index (κ1) is 17.4. The molecule has 0 aromatic rings. The molecule has 1 aliphatic heterocycles. The van der Waals surface area contributed by atoms with Crippen LogP contribution in [0.4, 0.5) is 0 Å². The normalized spacial score (nSPS) is 21.6. The molecule has 0 saturated carbocycles. The van der Waals surface area contributed by atoms with E-state index in [-0.39, 0.29) is 5.97 Å². The van der Waals surface area contributed by atoms with Gasteiger partial charge in [-0.2, -0.15) is 0 Å². The number of hydrogen-bond donors (Lipinski definition) is 1. The van der Waals surface area contributed by atoms with Crippen LogP contribution in [0.2, 0.25) is 0 Å². The molecule has 0 aromatic heterocycles. The van der Waals surface area contributed by atoms with Gasteiger partial charge >= 0.3 is 5.97 Å². The molecule has 1 fully saturated rings. The summed E-state index contributed by atoms with van der Waals surface area (Å²) in [6, 6.07) is 0. The van der Waals surface area contributed by atoms with Crippen molar-refractivity contribution in [3.63, 3.8) is 0 Å². The molecular weight excluding hydrogens is 258 g/mol. The summed E-state index contributed by atoms with van der Waals surface area (Å²) in [5, 5.41) is 3.28. The van der Waals surface area contributed by atoms with Crippen molar-refractivity contribution in [2.45, 2.75) is 45.6 Å². The van der Waals surface area contributed by atoms with Crippen LogP contribution < -0.4 is 5.32 Å². The highest BCUT2D eigenvalue weighted by Gasteiger charge is 2.33. The molecule has 0 amide bonds. The van der Waals surface area contributed by atoms with E-state index in [4.69, 9.17) is 14.2 Å². The Balaban J connectivity index is 2.32. The summed E-state index contributed by atoms with van der Waals surface area (Å²) in [4.78, 5) is 12.1. The Morgan fingerprint density at radius 2 is 2.25 bits per heavy atom. The van der Waals surface area contributed by atoms with Crippen molar-refractivity contribution in [3.8, 4) is 0 Å². The molecule has 0 aliphatic carbocycles. The molecule has 118 valence electrons. The first-order chi connectivity index (χ1) is 9.62. The Hall–Kier alpha value is -0.650. The Morgan fingerprint density at radius 3 is 2.85 bits per heavy atom. The first-order valence-electron chi connectivity index (χ1n) is 7.70. The smallest absolute Gasteiger partial charge is 0.326 e. The molecule has 2 unspecified atom stereocenters. The van der Waals surface area contributed by atoms with Crippen molar-refractivity contribution < 1.29 is 19.0 Å². The van der Waals surface area contributed by atoms with Crippen LogP contribution in [-0.4, -0.2) is 51.1 Å². The van der Waals surface area contributed by atoms with Gasteiger partial charge in [0.25, 0.3) is 0 Å². The average molecular weight is 287 g/mol. The molecule has 1 aliphatic rings. The summed E-state index contributed by atoms with van der Waals surface area (Å²) >= 11 is 0. The Morgan fingerprint density at radius 1 is 1.45 bits per heavy atom. The van der Waals surface area contributed by atoms with E-state index < -0.39 is 5.54 Å². The second-order valence-corrected chi connectivity index (χ2v) is 5.53. The second kappa shape index (κ2) is 9.32. The zero-order valence-electron chi connectivity index (χ0n) is 13.1. The predicted molar refractivity (Wildman–Crippen MR) is 77.7 cm³/mol. The fraction of sp³-hybridized carbons (Fsp3) is 0.933. The minimum Gasteiger partial charge on any atom is -0.465 e. The molecule has 1 N–H and O–H groups in total. The van der Waals surface area contributed by atoms with E-state index >= 15 is 0 Å². The minimum atomic E-state index is -0.655. The number of rotatable bonds is 10. The molecular formula is C15H29NO4. The maximum atomic E-state index is 12.1. The number of esters is 1. The van der Waals surface area contributed by atoms with Gasteiger partial charge in [0.05, 0.1) is 19.8 Å². The summed E-state index contributed by atoms with van der Waals surface area (Å²) < 4.78 is 16.2. The van der Waals surface area contributed by atoms with Gasteiger partial charge in [0, 0.05) is 19.1 Å². The van der Waals surface area contributed by atoms with Gasteiger partial charge in [0.1, 0.15) is 5.54 Å². The quantitative estimate of drug-likeness (QED) is 0.490. The van der Waals surface area contributed by atoms with Crippen LogP contribution in [-0.2, 0) is 19.0 Å². The lowest BCUT2D eigenvalue weighted by Crippen LogP contribution is -2.51. The van der Waals surface area contributed by atoms with Gasteiger partial charge in [-0.3, -0.25) is 4.79 Å². The lowest BCUT2D eigenvalue weighted by atomic mass is 9.98. The largest absolute Gasteiger partial charge is 0.465 e. The van der Waals surface area contributed by atoms with Gasteiger partial charge in [-0.1, -0.05) is 6.92 Å². The Kier molecular flexibility index (Phi) is 8.11. The maximum Gasteiger partial charge on any atom is 0.326 e. The number of nitrogens with one attached hydrogen (secondary N) is 1. The molecule has 1 saturated heterocycles. The topological polar surface area (TPSA) is 56.8 Å². The van der Waals surface area contributed by atoms with Crippen molar-refractivity contribution in [2.24, 2.45) is 5.92 Å². The summed E-state index contributed by atoms with van der Waals surface area (Å²) in [6.45, 7) is 9.91. The van der Waals surface area contributed by atoms with E-state index in [1.807, 2.05) is 13.8 Å². The van der Waals surface area contributed by atoms with Crippen molar-refractivity contribution in [3.05, 3.63) is 0 Å². The minimum absolute atomic E-state index is 0.193. The Bertz CT molecular complexity index is 279. The van der Waals surface area contributed by atoms with Crippen LogP contribution in [0.3, 0.4) is 0 Å².